The highest BCUT2D eigenvalue weighted by molar-refractivity contribution is 7.89. The first-order chi connectivity index (χ1) is 12.6. The van der Waals surface area contributed by atoms with Crippen LogP contribution in [-0.4, -0.2) is 43.3 Å². The minimum atomic E-state index is -4.99. The van der Waals surface area contributed by atoms with Gasteiger partial charge >= 0.3 is 6.36 Å². The van der Waals surface area contributed by atoms with Crippen LogP contribution in [0.1, 0.15) is 12.1 Å². The lowest BCUT2D eigenvalue weighted by atomic mass is 10.3. The molecule has 10 heteroatoms. The standard InChI is InChI=1S/C17H17F3N2O4S/c1-12-5-4-8-16(21-12)25-13-9-10-22(11-13)27(23,24)15-7-3-2-6-14(15)26-17(18,19)20/h2-8,13H,9-11H2,1H3. The molecule has 0 aliphatic carbocycles. The molecular formula is C17H17F3N2O4S. The van der Waals surface area contributed by atoms with Gasteiger partial charge in [-0.25, -0.2) is 13.4 Å². The van der Waals surface area contributed by atoms with Crippen molar-refractivity contribution in [3.8, 4) is 11.6 Å². The highest BCUT2D eigenvalue weighted by atomic mass is 32.2. The fourth-order valence-corrected chi connectivity index (χ4v) is 4.38. The second kappa shape index (κ2) is 7.35. The lowest BCUT2D eigenvalue weighted by Crippen LogP contribution is -2.32. The van der Waals surface area contributed by atoms with Crippen LogP contribution in [0.2, 0.25) is 0 Å². The Bertz CT molecular complexity index is 918. The topological polar surface area (TPSA) is 68.7 Å². The third-order valence-electron chi connectivity index (χ3n) is 3.95. The van der Waals surface area contributed by atoms with Crippen molar-refractivity contribution >= 4 is 10.0 Å². The molecule has 0 spiro atoms. The van der Waals surface area contributed by atoms with Crippen LogP contribution in [-0.2, 0) is 10.0 Å². The molecule has 146 valence electrons. The number of para-hydroxylation sites is 1. The number of nitrogens with zero attached hydrogens (tertiary/aromatic N) is 2. The Hall–Kier alpha value is -2.33. The SMILES string of the molecule is Cc1cccc(OC2CCN(S(=O)(=O)c3ccccc3OC(F)(F)F)C2)n1. The molecule has 1 aromatic carbocycles. The molecule has 1 fully saturated rings. The van der Waals surface area contributed by atoms with Gasteiger partial charge in [-0.15, -0.1) is 13.2 Å². The van der Waals surface area contributed by atoms with Gasteiger partial charge in [0.2, 0.25) is 15.9 Å². The molecule has 27 heavy (non-hydrogen) atoms. The zero-order chi connectivity index (χ0) is 19.7. The predicted molar refractivity (Wildman–Crippen MR) is 89.9 cm³/mol. The minimum Gasteiger partial charge on any atom is -0.473 e. The van der Waals surface area contributed by atoms with E-state index < -0.39 is 33.1 Å². The Labute approximate surface area is 154 Å². The summed E-state index contributed by atoms with van der Waals surface area (Å²) in [5, 5.41) is 0. The van der Waals surface area contributed by atoms with E-state index in [-0.39, 0.29) is 13.1 Å². The Morgan fingerprint density at radius 2 is 1.89 bits per heavy atom. The van der Waals surface area contributed by atoms with E-state index in [0.717, 1.165) is 22.1 Å². The number of hydrogen-bond donors (Lipinski definition) is 0. The van der Waals surface area contributed by atoms with Crippen molar-refractivity contribution in [1.29, 1.82) is 0 Å². The predicted octanol–water partition coefficient (Wildman–Crippen LogP) is 3.13. The molecule has 1 aliphatic heterocycles. The molecule has 3 rings (SSSR count). The molecule has 1 saturated heterocycles. The molecule has 2 heterocycles. The maximum atomic E-state index is 12.8. The summed E-state index contributed by atoms with van der Waals surface area (Å²) in [5.74, 6) is -0.380. The second-order valence-electron chi connectivity index (χ2n) is 6.00. The van der Waals surface area contributed by atoms with Crippen molar-refractivity contribution in [2.45, 2.75) is 30.7 Å². The van der Waals surface area contributed by atoms with Crippen LogP contribution in [0.4, 0.5) is 13.2 Å². The van der Waals surface area contributed by atoms with Gasteiger partial charge in [0.05, 0.1) is 6.54 Å². The normalized spacial score (nSPS) is 18.4. The summed E-state index contributed by atoms with van der Waals surface area (Å²) in [7, 11) is -4.17. The number of hydrogen-bond acceptors (Lipinski definition) is 5. The van der Waals surface area contributed by atoms with Crippen LogP contribution in [0.3, 0.4) is 0 Å². The van der Waals surface area contributed by atoms with Gasteiger partial charge < -0.3 is 9.47 Å². The summed E-state index contributed by atoms with van der Waals surface area (Å²) in [4.78, 5) is 3.67. The van der Waals surface area contributed by atoms with E-state index in [1.54, 1.807) is 25.1 Å². The van der Waals surface area contributed by atoms with Gasteiger partial charge in [0.25, 0.3) is 0 Å². The van der Waals surface area contributed by atoms with Gasteiger partial charge in [-0.05, 0) is 31.5 Å². The fourth-order valence-electron chi connectivity index (χ4n) is 2.78. The van der Waals surface area contributed by atoms with Crippen molar-refractivity contribution in [2.75, 3.05) is 13.1 Å². The van der Waals surface area contributed by atoms with Crippen LogP contribution in [0.5, 0.6) is 11.6 Å². The lowest BCUT2D eigenvalue weighted by Gasteiger charge is -2.19. The third kappa shape index (κ3) is 4.69. The molecule has 0 amide bonds. The summed E-state index contributed by atoms with van der Waals surface area (Å²) < 4.78 is 74.0. The molecule has 2 aromatic rings. The van der Waals surface area contributed by atoms with E-state index in [0.29, 0.717) is 12.3 Å². The third-order valence-corrected chi connectivity index (χ3v) is 5.86. The lowest BCUT2D eigenvalue weighted by molar-refractivity contribution is -0.275. The molecule has 1 aromatic heterocycles. The van der Waals surface area contributed by atoms with E-state index in [2.05, 4.69) is 9.72 Å². The number of halogens is 3. The summed E-state index contributed by atoms with van der Waals surface area (Å²) in [6.45, 7) is 1.94. The van der Waals surface area contributed by atoms with Gasteiger partial charge in [0.15, 0.2) is 0 Å². The number of pyridine rings is 1. The second-order valence-corrected chi connectivity index (χ2v) is 7.91. The summed E-state index contributed by atoms with van der Waals surface area (Å²) in [5.41, 5.74) is 0.758. The van der Waals surface area contributed by atoms with Gasteiger partial charge in [-0.1, -0.05) is 18.2 Å². The zero-order valence-corrected chi connectivity index (χ0v) is 15.1. The van der Waals surface area contributed by atoms with Crippen molar-refractivity contribution in [3.63, 3.8) is 0 Å². The summed E-state index contributed by atoms with van der Waals surface area (Å²) in [6, 6.07) is 9.92. The van der Waals surface area contributed by atoms with Crippen LogP contribution >= 0.6 is 0 Å². The van der Waals surface area contributed by atoms with Gasteiger partial charge in [-0.2, -0.15) is 4.31 Å². The highest BCUT2D eigenvalue weighted by Crippen LogP contribution is 2.32. The fraction of sp³-hybridized carbons (Fsp3) is 0.353. The van der Waals surface area contributed by atoms with Crippen LogP contribution in [0.15, 0.2) is 47.4 Å². The molecule has 1 unspecified atom stereocenters. The maximum absolute atomic E-state index is 12.8. The van der Waals surface area contributed by atoms with E-state index in [9.17, 15) is 21.6 Å². The van der Waals surface area contributed by atoms with Crippen molar-refractivity contribution in [1.82, 2.24) is 9.29 Å². The van der Waals surface area contributed by atoms with Crippen molar-refractivity contribution < 1.29 is 31.1 Å². The number of benzene rings is 1. The molecular weight excluding hydrogens is 385 g/mol. The summed E-state index contributed by atoms with van der Waals surface area (Å²) in [6.07, 6.45) is -5.03. The average Bonchev–Trinajstić information content (AvgIpc) is 3.03. The first-order valence-electron chi connectivity index (χ1n) is 8.10. The molecule has 0 N–H and O–H groups in total. The Morgan fingerprint density at radius 3 is 2.59 bits per heavy atom. The Balaban J connectivity index is 1.77. The number of aromatic nitrogens is 1. The van der Waals surface area contributed by atoms with Crippen LogP contribution < -0.4 is 9.47 Å². The molecule has 1 atom stereocenters. The molecule has 0 saturated carbocycles. The van der Waals surface area contributed by atoms with E-state index in [4.69, 9.17) is 4.74 Å². The molecule has 1 aliphatic rings. The first-order valence-corrected chi connectivity index (χ1v) is 9.54. The van der Waals surface area contributed by atoms with E-state index in [1.807, 2.05) is 0 Å². The highest BCUT2D eigenvalue weighted by Gasteiger charge is 2.38. The van der Waals surface area contributed by atoms with Gasteiger partial charge in [0, 0.05) is 18.3 Å². The number of alkyl halides is 3. The van der Waals surface area contributed by atoms with Crippen molar-refractivity contribution in [2.24, 2.45) is 0 Å². The minimum absolute atomic E-state index is 0.0122. The number of aryl methyl sites for hydroxylation is 1. The number of sulfonamides is 1. The van der Waals surface area contributed by atoms with Gasteiger partial charge in [0.1, 0.15) is 16.7 Å². The Morgan fingerprint density at radius 1 is 1.15 bits per heavy atom. The quantitative estimate of drug-likeness (QED) is 0.769. The number of rotatable bonds is 5. The molecule has 0 radical (unpaired) electrons. The van der Waals surface area contributed by atoms with Gasteiger partial charge in [-0.3, -0.25) is 0 Å². The van der Waals surface area contributed by atoms with Crippen molar-refractivity contribution in [3.05, 3.63) is 48.2 Å². The largest absolute Gasteiger partial charge is 0.573 e. The van der Waals surface area contributed by atoms with E-state index in [1.165, 1.54) is 12.1 Å². The zero-order valence-electron chi connectivity index (χ0n) is 14.3. The maximum Gasteiger partial charge on any atom is 0.573 e. The van der Waals surface area contributed by atoms with Crippen LogP contribution in [0, 0.1) is 6.92 Å². The molecule has 6 nitrogen and oxygen atoms in total. The Kier molecular flexibility index (Phi) is 5.29. The monoisotopic (exact) mass is 402 g/mol. The average molecular weight is 402 g/mol. The smallest absolute Gasteiger partial charge is 0.473 e. The molecule has 0 bridgehead atoms. The first kappa shape index (κ1) is 19.4. The summed E-state index contributed by atoms with van der Waals surface area (Å²) >= 11 is 0. The van der Waals surface area contributed by atoms with E-state index >= 15 is 0 Å². The van der Waals surface area contributed by atoms with Crippen LogP contribution in [0.25, 0.3) is 0 Å². The number of ether oxygens (including phenoxy) is 2.